The molecule has 3 amide bonds. The minimum Gasteiger partial charge on any atom is -0.302 e. The third-order valence-corrected chi connectivity index (χ3v) is 3.85. The first-order valence-electron chi connectivity index (χ1n) is 5.06. The molecule has 0 bridgehead atoms. The van der Waals surface area contributed by atoms with Crippen molar-refractivity contribution in [2.75, 3.05) is 16.5 Å². The normalized spacial score (nSPS) is 24.1. The number of hydrogen-bond donors (Lipinski definition) is 0. The van der Waals surface area contributed by atoms with Crippen LogP contribution >= 0.6 is 11.8 Å². The monoisotopic (exact) mass is 234 g/mol. The molecule has 2 heterocycles. The van der Waals surface area contributed by atoms with Crippen molar-refractivity contribution < 1.29 is 9.59 Å². The molecule has 0 N–H and O–H groups in total. The summed E-state index contributed by atoms with van der Waals surface area (Å²) in [5.41, 5.74) is 0.664. The third kappa shape index (κ3) is 1.24. The van der Waals surface area contributed by atoms with Gasteiger partial charge in [-0.25, -0.2) is 9.69 Å². The molecule has 4 nitrogen and oxygen atoms in total. The smallest absolute Gasteiger partial charge is 0.302 e. The van der Waals surface area contributed by atoms with Crippen LogP contribution in [0.15, 0.2) is 30.3 Å². The van der Waals surface area contributed by atoms with Gasteiger partial charge in [0.05, 0.1) is 11.6 Å². The second-order valence-corrected chi connectivity index (χ2v) is 4.78. The summed E-state index contributed by atoms with van der Waals surface area (Å²) in [6.07, 6.45) is 0. The summed E-state index contributed by atoms with van der Waals surface area (Å²) in [6.45, 7) is 0. The number of imide groups is 1. The number of hydrogen-bond acceptors (Lipinski definition) is 3. The largest absolute Gasteiger partial charge is 0.332 e. The summed E-state index contributed by atoms with van der Waals surface area (Å²) >= 11 is 1.63. The summed E-state index contributed by atoms with van der Waals surface area (Å²) in [7, 11) is 0. The molecular formula is C11H10N2O2S. The SMILES string of the molecule is O=C1[C@@H]2CSCN2C(=O)N1c1ccccc1. The molecule has 1 atom stereocenters. The minimum absolute atomic E-state index is 0.0961. The summed E-state index contributed by atoms with van der Waals surface area (Å²) in [5, 5.41) is 0. The molecule has 82 valence electrons. The molecule has 2 fully saturated rings. The molecule has 16 heavy (non-hydrogen) atoms. The fourth-order valence-electron chi connectivity index (χ4n) is 2.02. The van der Waals surface area contributed by atoms with Crippen LogP contribution in [0.4, 0.5) is 10.5 Å². The van der Waals surface area contributed by atoms with E-state index in [9.17, 15) is 9.59 Å². The Morgan fingerprint density at radius 1 is 1.19 bits per heavy atom. The minimum atomic E-state index is -0.252. The predicted octanol–water partition coefficient (Wildman–Crippen LogP) is 1.53. The number of para-hydroxylation sites is 1. The van der Waals surface area contributed by atoms with Gasteiger partial charge in [0, 0.05) is 5.75 Å². The summed E-state index contributed by atoms with van der Waals surface area (Å²) in [6, 6.07) is 8.65. The first-order valence-corrected chi connectivity index (χ1v) is 6.22. The maximum absolute atomic E-state index is 12.0. The van der Waals surface area contributed by atoms with Gasteiger partial charge in [0.2, 0.25) is 0 Å². The van der Waals surface area contributed by atoms with E-state index in [-0.39, 0.29) is 18.0 Å². The number of benzene rings is 1. The van der Waals surface area contributed by atoms with Crippen LogP contribution in [0.25, 0.3) is 0 Å². The van der Waals surface area contributed by atoms with Gasteiger partial charge >= 0.3 is 6.03 Å². The number of urea groups is 1. The molecule has 2 aliphatic heterocycles. The maximum Gasteiger partial charge on any atom is 0.332 e. The van der Waals surface area contributed by atoms with E-state index in [1.54, 1.807) is 28.8 Å². The molecule has 1 aromatic carbocycles. The van der Waals surface area contributed by atoms with Crippen molar-refractivity contribution in [1.29, 1.82) is 0 Å². The van der Waals surface area contributed by atoms with E-state index in [0.29, 0.717) is 17.3 Å². The van der Waals surface area contributed by atoms with Gasteiger partial charge in [0.1, 0.15) is 6.04 Å². The van der Waals surface area contributed by atoms with E-state index in [1.807, 2.05) is 18.2 Å². The van der Waals surface area contributed by atoms with Crippen LogP contribution in [0.1, 0.15) is 0 Å². The van der Waals surface area contributed by atoms with Crippen molar-refractivity contribution in [2.24, 2.45) is 0 Å². The second kappa shape index (κ2) is 3.52. The van der Waals surface area contributed by atoms with Crippen LogP contribution in [0.5, 0.6) is 0 Å². The Bertz CT molecular complexity index is 427. The van der Waals surface area contributed by atoms with Crippen molar-refractivity contribution in [3.05, 3.63) is 30.3 Å². The predicted molar refractivity (Wildman–Crippen MR) is 62.3 cm³/mol. The molecule has 1 aromatic rings. The Morgan fingerprint density at radius 3 is 2.62 bits per heavy atom. The number of rotatable bonds is 1. The quantitative estimate of drug-likeness (QED) is 0.692. The Labute approximate surface area is 97.2 Å². The molecule has 2 aliphatic rings. The molecule has 2 saturated heterocycles. The molecular weight excluding hydrogens is 224 g/mol. The average Bonchev–Trinajstić information content (AvgIpc) is 2.86. The maximum atomic E-state index is 12.0. The molecule has 0 spiro atoms. The highest BCUT2D eigenvalue weighted by atomic mass is 32.2. The molecule has 0 saturated carbocycles. The number of nitrogens with zero attached hydrogens (tertiary/aromatic N) is 2. The number of anilines is 1. The van der Waals surface area contributed by atoms with Crippen molar-refractivity contribution in [3.63, 3.8) is 0 Å². The van der Waals surface area contributed by atoms with Gasteiger partial charge in [0.25, 0.3) is 5.91 Å². The van der Waals surface area contributed by atoms with Crippen molar-refractivity contribution in [1.82, 2.24) is 4.90 Å². The lowest BCUT2D eigenvalue weighted by Gasteiger charge is -2.14. The highest BCUT2D eigenvalue weighted by Crippen LogP contribution is 2.32. The van der Waals surface area contributed by atoms with E-state index in [4.69, 9.17) is 0 Å². The molecule has 0 unspecified atom stereocenters. The molecule has 5 heteroatoms. The van der Waals surface area contributed by atoms with Crippen LogP contribution < -0.4 is 4.90 Å². The van der Waals surface area contributed by atoms with Crippen molar-refractivity contribution in [2.45, 2.75) is 6.04 Å². The Hall–Kier alpha value is -1.49. The molecule has 0 aromatic heterocycles. The van der Waals surface area contributed by atoms with Crippen LogP contribution in [-0.2, 0) is 4.79 Å². The Morgan fingerprint density at radius 2 is 1.94 bits per heavy atom. The number of carbonyl (C=O) groups is 2. The second-order valence-electron chi connectivity index (χ2n) is 3.78. The fraction of sp³-hybridized carbons (Fsp3) is 0.273. The summed E-state index contributed by atoms with van der Waals surface area (Å²) < 4.78 is 0. The van der Waals surface area contributed by atoms with Crippen molar-refractivity contribution >= 4 is 29.4 Å². The zero-order valence-electron chi connectivity index (χ0n) is 8.50. The zero-order valence-corrected chi connectivity index (χ0v) is 9.31. The van der Waals surface area contributed by atoms with E-state index < -0.39 is 0 Å². The fourth-order valence-corrected chi connectivity index (χ4v) is 3.16. The molecule has 0 radical (unpaired) electrons. The number of fused-ring (bicyclic) bond motifs is 1. The van der Waals surface area contributed by atoms with Gasteiger partial charge in [-0.15, -0.1) is 11.8 Å². The van der Waals surface area contributed by atoms with E-state index in [0.717, 1.165) is 0 Å². The van der Waals surface area contributed by atoms with Gasteiger partial charge in [-0.05, 0) is 12.1 Å². The van der Waals surface area contributed by atoms with E-state index in [1.165, 1.54) is 4.90 Å². The number of thioether (sulfide) groups is 1. The standard InChI is InChI=1S/C11H10N2O2S/c14-10-9-6-16-7-12(9)11(15)13(10)8-4-2-1-3-5-8/h1-5,9H,6-7H2/t9-/m0/s1. The van der Waals surface area contributed by atoms with Gasteiger partial charge in [0.15, 0.2) is 0 Å². The molecule has 0 aliphatic carbocycles. The Kier molecular flexibility index (Phi) is 2.14. The lowest BCUT2D eigenvalue weighted by atomic mass is 10.2. The van der Waals surface area contributed by atoms with Gasteiger partial charge in [-0.3, -0.25) is 4.79 Å². The topological polar surface area (TPSA) is 40.6 Å². The van der Waals surface area contributed by atoms with Crippen molar-refractivity contribution in [3.8, 4) is 0 Å². The average molecular weight is 234 g/mol. The van der Waals surface area contributed by atoms with Crippen LogP contribution in [0.2, 0.25) is 0 Å². The van der Waals surface area contributed by atoms with Crippen LogP contribution in [-0.4, -0.2) is 34.5 Å². The van der Waals surface area contributed by atoms with E-state index >= 15 is 0 Å². The first kappa shape index (κ1) is 9.72. The highest BCUT2D eigenvalue weighted by molar-refractivity contribution is 7.99. The third-order valence-electron chi connectivity index (χ3n) is 2.84. The van der Waals surface area contributed by atoms with Gasteiger partial charge in [-0.1, -0.05) is 18.2 Å². The summed E-state index contributed by atoms with van der Waals surface area (Å²) in [5.74, 6) is 1.24. The van der Waals surface area contributed by atoms with Crippen LogP contribution in [0.3, 0.4) is 0 Å². The van der Waals surface area contributed by atoms with Gasteiger partial charge < -0.3 is 4.90 Å². The summed E-state index contributed by atoms with van der Waals surface area (Å²) in [4.78, 5) is 27.0. The molecule has 3 rings (SSSR count). The lowest BCUT2D eigenvalue weighted by molar-refractivity contribution is -0.118. The lowest BCUT2D eigenvalue weighted by Crippen LogP contribution is -2.32. The van der Waals surface area contributed by atoms with E-state index in [2.05, 4.69) is 0 Å². The van der Waals surface area contributed by atoms with Crippen LogP contribution in [0, 0.1) is 0 Å². The van der Waals surface area contributed by atoms with Gasteiger partial charge in [-0.2, -0.15) is 0 Å². The first-order chi connectivity index (χ1) is 7.79. The zero-order chi connectivity index (χ0) is 11.1. The number of amides is 3. The highest BCUT2D eigenvalue weighted by Gasteiger charge is 2.48. The Balaban J connectivity index is 1.98. The number of carbonyl (C=O) groups excluding carboxylic acids is 2.